The second kappa shape index (κ2) is 20.8. The van der Waals surface area contributed by atoms with E-state index in [-0.39, 0.29) is 90.0 Å². The number of esters is 2. The highest BCUT2D eigenvalue weighted by Crippen LogP contribution is 2.31. The van der Waals surface area contributed by atoms with Gasteiger partial charge >= 0.3 is 11.9 Å². The fraction of sp³-hybridized carbons (Fsp3) is 0.629. The molecule has 2 aliphatic heterocycles. The number of carbonyl (C=O) groups is 3. The molecule has 2 fully saturated rings. The maximum absolute atomic E-state index is 12.1. The van der Waals surface area contributed by atoms with E-state index >= 15 is 0 Å². The number of amides is 1. The Bertz CT molecular complexity index is 2070. The van der Waals surface area contributed by atoms with Crippen molar-refractivity contribution in [1.29, 1.82) is 0 Å². The zero-order valence-corrected chi connectivity index (χ0v) is 35.5. The predicted molar refractivity (Wildman–Crippen MR) is 215 cm³/mol. The monoisotopic (exact) mass is 838 g/mol. The van der Waals surface area contributed by atoms with Crippen LogP contribution in [0.25, 0.3) is 22.3 Å². The smallest absolute Gasteiger partial charge is 0.316 e. The predicted octanol–water partition coefficient (Wildman–Crippen LogP) is 3.18. The van der Waals surface area contributed by atoms with Crippen molar-refractivity contribution in [3.63, 3.8) is 0 Å². The van der Waals surface area contributed by atoms with E-state index in [9.17, 15) is 24.0 Å². The molecule has 0 saturated carbocycles. The molecule has 22 heteroatoms. The third-order valence-electron chi connectivity index (χ3n) is 7.99. The number of ether oxygens (including phenoxy) is 3. The molecule has 6 heterocycles. The van der Waals surface area contributed by atoms with Gasteiger partial charge in [0, 0.05) is 5.92 Å². The molecule has 0 radical (unpaired) electrons. The van der Waals surface area contributed by atoms with Crippen molar-refractivity contribution in [2.24, 2.45) is 17.8 Å². The number of aromatic amines is 2. The van der Waals surface area contributed by atoms with Crippen LogP contribution < -0.4 is 22.2 Å². The number of rotatable bonds is 8. The lowest BCUT2D eigenvalue weighted by atomic mass is 10.2. The van der Waals surface area contributed by atoms with Crippen LogP contribution in [0.15, 0.2) is 22.2 Å². The molecule has 4 aromatic heterocycles. The maximum Gasteiger partial charge on any atom is 0.316 e. The highest BCUT2D eigenvalue weighted by atomic mass is 35.6. The van der Waals surface area contributed by atoms with Crippen molar-refractivity contribution < 1.29 is 38.8 Å². The fourth-order valence-corrected chi connectivity index (χ4v) is 5.00. The molecule has 20 nitrogen and oxygen atoms in total. The third kappa shape index (κ3) is 13.8. The Morgan fingerprint density at radius 1 is 0.825 bits per heavy atom. The first-order valence-corrected chi connectivity index (χ1v) is 23.1. The fourth-order valence-electron chi connectivity index (χ4n) is 5.00. The second-order valence-corrected chi connectivity index (χ2v) is 22.8. The van der Waals surface area contributed by atoms with Gasteiger partial charge < -0.3 is 30.2 Å². The summed E-state index contributed by atoms with van der Waals surface area (Å²) in [5.74, 6) is -1.73. The number of nitrogen functional groups attached to an aromatic ring is 1. The van der Waals surface area contributed by atoms with Crippen molar-refractivity contribution in [2.75, 3.05) is 24.3 Å². The Morgan fingerprint density at radius 2 is 1.25 bits per heavy atom. The standard InChI is InChI=1S/C14H19N5O4.C10H13N5O3.C8H14O3.C3H9ClSi/c1-7(2)12(21)17-14-16-11-10(13(22)18-14)15-6-19(11)9-4-3-8(5-20)23-9;11-10-13-8-7(9(17)14-10)12-4-15(8)6-2-1-5(3-16)18-6;1-5(2)7(9)11-8(10)6(3)4;1-5(2,3)4/h6-9,20H,3-5H2,1-2H3,(H2,16,17,18,21,22);4-6,16H,1-3H2,(H3,11,13,14,17);5-6H,1-4H3;1-3H3/t8-,9+;5-,6+;;/m00../s1. The number of imidazole rings is 2. The number of nitrogens with one attached hydrogen (secondary N) is 3. The number of hydrogen-bond acceptors (Lipinski definition) is 15. The average molecular weight is 839 g/mol. The molecule has 0 unspecified atom stereocenters. The zero-order chi connectivity index (χ0) is 42.8. The van der Waals surface area contributed by atoms with Crippen molar-refractivity contribution >= 4 is 70.5 Å². The summed E-state index contributed by atoms with van der Waals surface area (Å²) in [7, 11) is -1.14. The summed E-state index contributed by atoms with van der Waals surface area (Å²) < 4.78 is 19.1. The summed E-state index contributed by atoms with van der Waals surface area (Å²) >= 11 is 5.67. The summed E-state index contributed by atoms with van der Waals surface area (Å²) in [6.07, 6.45) is 4.93. The number of H-pyrrole nitrogens is 2. The van der Waals surface area contributed by atoms with E-state index < -0.39 is 24.9 Å². The molecule has 0 bridgehead atoms. The van der Waals surface area contributed by atoms with Crippen LogP contribution in [0.2, 0.25) is 19.6 Å². The lowest BCUT2D eigenvalue weighted by Gasteiger charge is -2.14. The number of nitrogens with two attached hydrogens (primary N) is 1. The minimum atomic E-state index is -1.14. The number of halogens is 1. The molecular formula is C35H55ClN10O10Si. The van der Waals surface area contributed by atoms with Crippen molar-refractivity contribution in [3.05, 3.63) is 33.4 Å². The van der Waals surface area contributed by atoms with E-state index in [1.54, 1.807) is 50.7 Å². The Morgan fingerprint density at radius 3 is 1.63 bits per heavy atom. The second-order valence-electron chi connectivity index (χ2n) is 15.2. The lowest BCUT2D eigenvalue weighted by molar-refractivity contribution is -0.164. The van der Waals surface area contributed by atoms with Crippen LogP contribution in [-0.2, 0) is 28.6 Å². The maximum atomic E-state index is 12.1. The van der Waals surface area contributed by atoms with Crippen LogP contribution in [0.3, 0.4) is 0 Å². The summed E-state index contributed by atoms with van der Waals surface area (Å²) in [5.41, 5.74) is 5.89. The van der Waals surface area contributed by atoms with E-state index in [4.69, 9.17) is 36.5 Å². The van der Waals surface area contributed by atoms with Gasteiger partial charge in [-0.1, -0.05) is 61.2 Å². The molecule has 316 valence electrons. The molecule has 0 aromatic carbocycles. The van der Waals surface area contributed by atoms with Gasteiger partial charge in [0.2, 0.25) is 17.8 Å². The molecular weight excluding hydrogens is 784 g/mol. The molecule has 0 aliphatic carbocycles. The van der Waals surface area contributed by atoms with Gasteiger partial charge in [0.25, 0.3) is 11.1 Å². The number of fused-ring (bicyclic) bond motifs is 2. The van der Waals surface area contributed by atoms with Gasteiger partial charge in [-0.2, -0.15) is 21.0 Å². The topological polar surface area (TPSA) is 285 Å². The van der Waals surface area contributed by atoms with Crippen LogP contribution in [0, 0.1) is 17.8 Å². The Kier molecular flexibility index (Phi) is 17.1. The van der Waals surface area contributed by atoms with Gasteiger partial charge in [-0.15, -0.1) is 0 Å². The van der Waals surface area contributed by atoms with Crippen LogP contribution in [0.5, 0.6) is 0 Å². The van der Waals surface area contributed by atoms with Gasteiger partial charge in [0.05, 0.1) is 49.9 Å². The van der Waals surface area contributed by atoms with E-state index in [0.717, 1.165) is 19.3 Å². The van der Waals surface area contributed by atoms with E-state index in [1.165, 1.54) is 12.7 Å². The van der Waals surface area contributed by atoms with E-state index in [0.29, 0.717) is 17.7 Å². The average Bonchev–Trinajstić information content (AvgIpc) is 3.94. The normalized spacial score (nSPS) is 19.1. The Labute approximate surface area is 334 Å². The number of nitrogens with zero attached hydrogens (tertiary/aromatic N) is 6. The van der Waals surface area contributed by atoms with Gasteiger partial charge in [0.1, 0.15) is 19.8 Å². The Balaban J connectivity index is 0.000000228. The molecule has 4 aromatic rings. The van der Waals surface area contributed by atoms with Gasteiger partial charge in [0.15, 0.2) is 22.3 Å². The van der Waals surface area contributed by atoms with Crippen molar-refractivity contribution in [3.8, 4) is 0 Å². The SMILES string of the molecule is CC(C)C(=O)Nc1nc2c(ncn2[C@H]2CC[C@@H](CO)O2)c(=O)[nH]1.CC(C)C(=O)OC(=O)C(C)C.C[Si](C)(C)Cl.Nc1nc2c(ncn2[C@H]2CC[C@@H](CO)O2)c(=O)[nH]1. The first kappa shape index (κ1) is 46.8. The van der Waals surface area contributed by atoms with Gasteiger partial charge in [-0.3, -0.25) is 48.4 Å². The summed E-state index contributed by atoms with van der Waals surface area (Å²) in [5, 5.41) is 20.8. The molecule has 4 atom stereocenters. The van der Waals surface area contributed by atoms with E-state index in [1.807, 2.05) is 0 Å². The molecule has 2 saturated heterocycles. The first-order valence-electron chi connectivity index (χ1n) is 18.6. The molecule has 1 amide bonds. The number of aromatic nitrogens is 8. The molecule has 57 heavy (non-hydrogen) atoms. The number of carbonyl (C=O) groups excluding carboxylic acids is 3. The molecule has 6 rings (SSSR count). The summed E-state index contributed by atoms with van der Waals surface area (Å²) in [6.45, 7) is 16.5. The van der Waals surface area contributed by atoms with Gasteiger partial charge in [-0.05, 0) is 25.7 Å². The van der Waals surface area contributed by atoms with Crippen molar-refractivity contribution in [1.82, 2.24) is 39.0 Å². The molecule has 0 spiro atoms. The molecule has 7 N–H and O–H groups in total. The minimum Gasteiger partial charge on any atom is -0.394 e. The number of aliphatic hydroxyl groups is 2. The summed E-state index contributed by atoms with van der Waals surface area (Å²) in [6, 6.07) is 0. The molecule has 2 aliphatic rings. The number of hydrogen-bond donors (Lipinski definition) is 6. The largest absolute Gasteiger partial charge is 0.394 e. The van der Waals surface area contributed by atoms with Crippen LogP contribution in [-0.4, -0.2) is 99.9 Å². The Hall–Kier alpha value is -4.54. The lowest BCUT2D eigenvalue weighted by Crippen LogP contribution is -2.22. The highest BCUT2D eigenvalue weighted by Gasteiger charge is 2.29. The highest BCUT2D eigenvalue weighted by molar-refractivity contribution is 7.18. The van der Waals surface area contributed by atoms with Gasteiger partial charge in [-0.25, -0.2) is 9.97 Å². The first-order chi connectivity index (χ1) is 26.6. The summed E-state index contributed by atoms with van der Waals surface area (Å²) in [4.78, 5) is 78.5. The number of aliphatic hydroxyl groups excluding tert-OH is 2. The quantitative estimate of drug-likeness (QED) is 0.0643. The van der Waals surface area contributed by atoms with Crippen LogP contribution in [0.4, 0.5) is 11.9 Å². The third-order valence-corrected chi connectivity index (χ3v) is 7.99. The zero-order valence-electron chi connectivity index (χ0n) is 33.7. The number of anilines is 2. The van der Waals surface area contributed by atoms with Crippen LogP contribution in [0.1, 0.15) is 79.7 Å². The van der Waals surface area contributed by atoms with Crippen LogP contribution >= 0.6 is 11.1 Å². The van der Waals surface area contributed by atoms with Crippen molar-refractivity contribution in [2.45, 2.75) is 112 Å². The van der Waals surface area contributed by atoms with E-state index in [2.05, 4.69) is 59.6 Å². The minimum absolute atomic E-state index is 0.0146.